The van der Waals surface area contributed by atoms with E-state index in [2.05, 4.69) is 11.2 Å². The number of aliphatic carboxylic acids is 1. The summed E-state index contributed by atoms with van der Waals surface area (Å²) in [5, 5.41) is 11.4. The Morgan fingerprint density at radius 2 is 2.29 bits per heavy atom. The molecule has 1 aliphatic heterocycles. The molecule has 94 valence electrons. The summed E-state index contributed by atoms with van der Waals surface area (Å²) < 4.78 is 5.24. The van der Waals surface area contributed by atoms with Gasteiger partial charge in [-0.25, -0.2) is 9.59 Å². The molecule has 1 heterocycles. The van der Waals surface area contributed by atoms with Crippen molar-refractivity contribution in [3.63, 3.8) is 0 Å². The predicted octanol–water partition coefficient (Wildman–Crippen LogP) is -0.107. The van der Waals surface area contributed by atoms with Crippen LogP contribution in [0.3, 0.4) is 0 Å². The van der Waals surface area contributed by atoms with Gasteiger partial charge in [0.25, 0.3) is 0 Å². The maximum atomic E-state index is 11.5. The maximum absolute atomic E-state index is 11.5. The van der Waals surface area contributed by atoms with Crippen LogP contribution in [0.1, 0.15) is 12.8 Å². The molecule has 1 aliphatic rings. The van der Waals surface area contributed by atoms with Gasteiger partial charge >= 0.3 is 12.0 Å². The van der Waals surface area contributed by atoms with Crippen molar-refractivity contribution >= 4 is 12.0 Å². The minimum atomic E-state index is -0.955. The molecular weight excluding hydrogens is 224 g/mol. The molecule has 0 aliphatic carbocycles. The summed E-state index contributed by atoms with van der Waals surface area (Å²) in [5.41, 5.74) is 0. The fourth-order valence-electron chi connectivity index (χ4n) is 1.58. The fourth-order valence-corrected chi connectivity index (χ4v) is 1.58. The van der Waals surface area contributed by atoms with Gasteiger partial charge in [-0.2, -0.15) is 0 Å². The van der Waals surface area contributed by atoms with Crippen LogP contribution in [-0.4, -0.2) is 54.4 Å². The van der Waals surface area contributed by atoms with Gasteiger partial charge < -0.3 is 20.1 Å². The molecule has 17 heavy (non-hydrogen) atoms. The third-order valence-electron chi connectivity index (χ3n) is 2.54. The quantitative estimate of drug-likeness (QED) is 0.672. The number of carbonyl (C=O) groups is 2. The highest BCUT2D eigenvalue weighted by Crippen LogP contribution is 2.19. The summed E-state index contributed by atoms with van der Waals surface area (Å²) in [6, 6.07) is -0.287. The lowest BCUT2D eigenvalue weighted by Crippen LogP contribution is -2.41. The molecule has 2 unspecified atom stereocenters. The number of ether oxygens (including phenoxy) is 1. The SMILES string of the molecule is C#CCN(C)C(=O)NCC1CCC(C(=O)O)O1. The standard InChI is InChI=1S/C11H16N2O4/c1-3-6-13(2)11(16)12-7-8-4-5-9(17-8)10(14)15/h1,8-9H,4-7H2,2H3,(H,12,16)(H,14,15). The Kier molecular flexibility index (Phi) is 4.79. The van der Waals surface area contributed by atoms with E-state index >= 15 is 0 Å². The van der Waals surface area contributed by atoms with Crippen LogP contribution in [0.15, 0.2) is 0 Å². The first-order valence-corrected chi connectivity index (χ1v) is 5.35. The number of terminal acetylenes is 1. The van der Waals surface area contributed by atoms with Crippen molar-refractivity contribution in [3.8, 4) is 12.3 Å². The molecule has 2 atom stereocenters. The van der Waals surface area contributed by atoms with Crippen LogP contribution in [-0.2, 0) is 9.53 Å². The molecule has 6 nitrogen and oxygen atoms in total. The van der Waals surface area contributed by atoms with Crippen molar-refractivity contribution in [2.24, 2.45) is 0 Å². The minimum Gasteiger partial charge on any atom is -0.479 e. The van der Waals surface area contributed by atoms with Gasteiger partial charge in [-0.1, -0.05) is 5.92 Å². The Hall–Kier alpha value is -1.74. The van der Waals surface area contributed by atoms with Gasteiger partial charge in [-0.05, 0) is 12.8 Å². The second-order valence-electron chi connectivity index (χ2n) is 3.91. The van der Waals surface area contributed by atoms with Crippen LogP contribution in [0.25, 0.3) is 0 Å². The minimum absolute atomic E-state index is 0.231. The molecule has 0 aromatic carbocycles. The van der Waals surface area contributed by atoms with Crippen LogP contribution in [0.2, 0.25) is 0 Å². The number of hydrogen-bond acceptors (Lipinski definition) is 3. The largest absolute Gasteiger partial charge is 0.479 e. The Labute approximate surface area is 99.9 Å². The smallest absolute Gasteiger partial charge is 0.332 e. The van der Waals surface area contributed by atoms with E-state index < -0.39 is 12.1 Å². The van der Waals surface area contributed by atoms with Crippen molar-refractivity contribution < 1.29 is 19.4 Å². The zero-order chi connectivity index (χ0) is 12.8. The molecule has 2 amide bonds. The highest BCUT2D eigenvalue weighted by molar-refractivity contribution is 5.74. The van der Waals surface area contributed by atoms with E-state index in [-0.39, 0.29) is 18.7 Å². The second kappa shape index (κ2) is 6.11. The number of carbonyl (C=O) groups excluding carboxylic acids is 1. The summed E-state index contributed by atoms with van der Waals surface area (Å²) in [4.78, 5) is 23.5. The van der Waals surface area contributed by atoms with Crippen molar-refractivity contribution in [3.05, 3.63) is 0 Å². The Morgan fingerprint density at radius 1 is 1.59 bits per heavy atom. The van der Waals surface area contributed by atoms with Crippen LogP contribution in [0, 0.1) is 12.3 Å². The molecular formula is C11H16N2O4. The molecule has 1 fully saturated rings. The monoisotopic (exact) mass is 240 g/mol. The van der Waals surface area contributed by atoms with E-state index in [0.29, 0.717) is 19.4 Å². The maximum Gasteiger partial charge on any atom is 0.332 e. The van der Waals surface area contributed by atoms with Gasteiger partial charge in [0.05, 0.1) is 12.6 Å². The van der Waals surface area contributed by atoms with E-state index in [0.717, 1.165) is 0 Å². The van der Waals surface area contributed by atoms with E-state index in [9.17, 15) is 9.59 Å². The molecule has 0 saturated carbocycles. The lowest BCUT2D eigenvalue weighted by molar-refractivity contribution is -0.149. The third kappa shape index (κ3) is 3.96. The molecule has 0 radical (unpaired) electrons. The number of urea groups is 1. The van der Waals surface area contributed by atoms with E-state index in [4.69, 9.17) is 16.3 Å². The first kappa shape index (κ1) is 13.3. The molecule has 0 aromatic heterocycles. The number of carboxylic acids is 1. The normalized spacial score (nSPS) is 22.8. The van der Waals surface area contributed by atoms with E-state index in [1.807, 2.05) is 0 Å². The molecule has 1 rings (SSSR count). The first-order chi connectivity index (χ1) is 8.04. The van der Waals surface area contributed by atoms with Crippen molar-refractivity contribution in [1.82, 2.24) is 10.2 Å². The predicted molar refractivity (Wildman–Crippen MR) is 60.4 cm³/mol. The summed E-state index contributed by atoms with van der Waals surface area (Å²) >= 11 is 0. The Bertz CT molecular complexity index is 337. The van der Waals surface area contributed by atoms with Gasteiger partial charge in [0, 0.05) is 13.6 Å². The van der Waals surface area contributed by atoms with Gasteiger partial charge in [-0.15, -0.1) is 6.42 Å². The van der Waals surface area contributed by atoms with Gasteiger partial charge in [-0.3, -0.25) is 0 Å². The molecule has 0 aromatic rings. The number of rotatable bonds is 4. The average Bonchev–Trinajstić information content (AvgIpc) is 2.75. The number of carboxylic acid groups (broad SMARTS) is 1. The molecule has 1 saturated heterocycles. The lowest BCUT2D eigenvalue weighted by atomic mass is 10.2. The molecule has 2 N–H and O–H groups in total. The van der Waals surface area contributed by atoms with Crippen molar-refractivity contribution in [2.45, 2.75) is 25.0 Å². The van der Waals surface area contributed by atoms with Gasteiger partial charge in [0.15, 0.2) is 6.10 Å². The fraction of sp³-hybridized carbons (Fsp3) is 0.636. The zero-order valence-electron chi connectivity index (χ0n) is 9.68. The first-order valence-electron chi connectivity index (χ1n) is 5.35. The number of hydrogen-bond donors (Lipinski definition) is 2. The summed E-state index contributed by atoms with van der Waals surface area (Å²) in [7, 11) is 1.59. The number of nitrogens with one attached hydrogen (secondary N) is 1. The Morgan fingerprint density at radius 3 is 2.82 bits per heavy atom. The van der Waals surface area contributed by atoms with E-state index in [1.165, 1.54) is 4.90 Å². The Balaban J connectivity index is 2.26. The number of amides is 2. The van der Waals surface area contributed by atoms with Crippen LogP contribution >= 0.6 is 0 Å². The highest BCUT2D eigenvalue weighted by atomic mass is 16.5. The van der Waals surface area contributed by atoms with E-state index in [1.54, 1.807) is 7.05 Å². The van der Waals surface area contributed by atoms with Crippen LogP contribution in [0.5, 0.6) is 0 Å². The molecule has 6 heteroatoms. The average molecular weight is 240 g/mol. The van der Waals surface area contributed by atoms with Gasteiger partial charge in [0.2, 0.25) is 0 Å². The number of nitrogens with zero attached hydrogens (tertiary/aromatic N) is 1. The van der Waals surface area contributed by atoms with Crippen LogP contribution in [0.4, 0.5) is 4.79 Å². The summed E-state index contributed by atoms with van der Waals surface area (Å²) in [6.45, 7) is 0.534. The molecule has 0 bridgehead atoms. The van der Waals surface area contributed by atoms with Crippen LogP contribution < -0.4 is 5.32 Å². The summed E-state index contributed by atoms with van der Waals surface area (Å²) in [5.74, 6) is 1.40. The second-order valence-corrected chi connectivity index (χ2v) is 3.91. The van der Waals surface area contributed by atoms with Gasteiger partial charge in [0.1, 0.15) is 0 Å². The summed E-state index contributed by atoms with van der Waals surface area (Å²) in [6.07, 6.45) is 5.21. The van der Waals surface area contributed by atoms with Crippen molar-refractivity contribution in [1.29, 1.82) is 0 Å². The van der Waals surface area contributed by atoms with Crippen molar-refractivity contribution in [2.75, 3.05) is 20.1 Å². The molecule has 0 spiro atoms. The topological polar surface area (TPSA) is 78.9 Å². The third-order valence-corrected chi connectivity index (χ3v) is 2.54. The highest BCUT2D eigenvalue weighted by Gasteiger charge is 2.30. The lowest BCUT2D eigenvalue weighted by Gasteiger charge is -2.17. The zero-order valence-corrected chi connectivity index (χ0v) is 9.68.